The van der Waals surface area contributed by atoms with Crippen LogP contribution in [0.4, 0.5) is 0 Å². The number of methoxy groups -OCH3 is 1. The highest BCUT2D eigenvalue weighted by Crippen LogP contribution is 2.25. The Morgan fingerprint density at radius 3 is 2.68 bits per heavy atom. The van der Waals surface area contributed by atoms with Crippen molar-refractivity contribution in [3.05, 3.63) is 65.7 Å². The SMILES string of the molecule is COc1ccccc1CN[C@@H]1CCCN[C@@H]1c1ccccc1. The number of nitrogens with one attached hydrogen (secondary N) is 2. The molecule has 3 rings (SSSR count). The van der Waals surface area contributed by atoms with Crippen LogP contribution in [0.5, 0.6) is 5.75 Å². The monoisotopic (exact) mass is 296 g/mol. The fourth-order valence-electron chi connectivity index (χ4n) is 3.21. The van der Waals surface area contributed by atoms with Crippen LogP contribution in [0.15, 0.2) is 54.6 Å². The number of hydrogen-bond donors (Lipinski definition) is 2. The maximum Gasteiger partial charge on any atom is 0.123 e. The summed E-state index contributed by atoms with van der Waals surface area (Å²) in [5, 5.41) is 7.38. The first-order valence-electron chi connectivity index (χ1n) is 8.02. The Morgan fingerprint density at radius 1 is 1.09 bits per heavy atom. The summed E-state index contributed by atoms with van der Waals surface area (Å²) in [6.45, 7) is 1.92. The van der Waals surface area contributed by atoms with Gasteiger partial charge in [-0.05, 0) is 31.0 Å². The van der Waals surface area contributed by atoms with Crippen molar-refractivity contribution < 1.29 is 4.74 Å². The molecule has 0 spiro atoms. The van der Waals surface area contributed by atoms with Crippen LogP contribution in [0.25, 0.3) is 0 Å². The molecule has 1 aliphatic heterocycles. The van der Waals surface area contributed by atoms with Crippen molar-refractivity contribution in [3.63, 3.8) is 0 Å². The van der Waals surface area contributed by atoms with Gasteiger partial charge in [-0.3, -0.25) is 0 Å². The summed E-state index contributed by atoms with van der Waals surface area (Å²) in [6.07, 6.45) is 2.41. The van der Waals surface area contributed by atoms with Gasteiger partial charge in [0.2, 0.25) is 0 Å². The number of para-hydroxylation sites is 1. The first kappa shape index (κ1) is 15.1. The minimum atomic E-state index is 0.379. The van der Waals surface area contributed by atoms with Gasteiger partial charge in [0.15, 0.2) is 0 Å². The normalized spacial score (nSPS) is 21.5. The van der Waals surface area contributed by atoms with E-state index in [4.69, 9.17) is 4.74 Å². The highest BCUT2D eigenvalue weighted by atomic mass is 16.5. The number of rotatable bonds is 5. The third-order valence-corrected chi connectivity index (χ3v) is 4.36. The van der Waals surface area contributed by atoms with Gasteiger partial charge in [-0.1, -0.05) is 48.5 Å². The summed E-state index contributed by atoms with van der Waals surface area (Å²) in [7, 11) is 1.73. The molecular weight excluding hydrogens is 272 g/mol. The number of benzene rings is 2. The molecule has 0 aromatic heterocycles. The van der Waals surface area contributed by atoms with Crippen LogP contribution in [0.2, 0.25) is 0 Å². The molecule has 0 unspecified atom stereocenters. The second-order valence-corrected chi connectivity index (χ2v) is 5.78. The molecule has 2 aromatic rings. The molecule has 0 amide bonds. The van der Waals surface area contributed by atoms with E-state index in [1.54, 1.807) is 7.11 Å². The quantitative estimate of drug-likeness (QED) is 0.888. The maximum absolute atomic E-state index is 5.44. The molecular formula is C19H24N2O. The van der Waals surface area contributed by atoms with Crippen LogP contribution in [-0.4, -0.2) is 19.7 Å². The fraction of sp³-hybridized carbons (Fsp3) is 0.368. The molecule has 116 valence electrons. The lowest BCUT2D eigenvalue weighted by Gasteiger charge is -2.34. The van der Waals surface area contributed by atoms with Crippen molar-refractivity contribution in [1.82, 2.24) is 10.6 Å². The molecule has 3 nitrogen and oxygen atoms in total. The maximum atomic E-state index is 5.44. The van der Waals surface area contributed by atoms with Crippen LogP contribution >= 0.6 is 0 Å². The zero-order chi connectivity index (χ0) is 15.2. The highest BCUT2D eigenvalue weighted by Gasteiger charge is 2.25. The van der Waals surface area contributed by atoms with Gasteiger partial charge in [-0.25, -0.2) is 0 Å². The molecule has 3 heteroatoms. The lowest BCUT2D eigenvalue weighted by molar-refractivity contribution is 0.303. The Bertz CT molecular complexity index is 585. The van der Waals surface area contributed by atoms with Gasteiger partial charge in [0.1, 0.15) is 5.75 Å². The van der Waals surface area contributed by atoms with E-state index in [9.17, 15) is 0 Å². The van der Waals surface area contributed by atoms with Crippen LogP contribution in [0.3, 0.4) is 0 Å². The molecule has 1 saturated heterocycles. The van der Waals surface area contributed by atoms with Crippen molar-refractivity contribution in [2.45, 2.75) is 31.5 Å². The third kappa shape index (κ3) is 3.49. The number of ether oxygens (including phenoxy) is 1. The van der Waals surface area contributed by atoms with Gasteiger partial charge < -0.3 is 15.4 Å². The molecule has 2 N–H and O–H groups in total. The van der Waals surface area contributed by atoms with E-state index in [2.05, 4.69) is 53.1 Å². The molecule has 0 saturated carbocycles. The zero-order valence-corrected chi connectivity index (χ0v) is 13.1. The van der Waals surface area contributed by atoms with Crippen molar-refractivity contribution in [2.75, 3.05) is 13.7 Å². The second-order valence-electron chi connectivity index (χ2n) is 5.78. The minimum absolute atomic E-state index is 0.379. The van der Waals surface area contributed by atoms with E-state index in [0.717, 1.165) is 18.8 Å². The molecule has 1 fully saturated rings. The number of piperidine rings is 1. The summed E-state index contributed by atoms with van der Waals surface area (Å²) in [5.74, 6) is 0.954. The minimum Gasteiger partial charge on any atom is -0.496 e. The second kappa shape index (κ2) is 7.43. The molecule has 0 aliphatic carbocycles. The summed E-state index contributed by atoms with van der Waals surface area (Å²) in [5.41, 5.74) is 2.57. The van der Waals surface area contributed by atoms with Crippen molar-refractivity contribution in [2.24, 2.45) is 0 Å². The smallest absolute Gasteiger partial charge is 0.123 e. The molecule has 0 bridgehead atoms. The standard InChI is InChI=1S/C19H24N2O/c1-22-18-12-6-5-10-16(18)14-21-17-11-7-13-20-19(17)15-8-3-2-4-9-15/h2-6,8-10,12,17,19-21H,7,11,13-14H2,1H3/t17-,19-/m1/s1. The Hall–Kier alpha value is -1.84. The van der Waals surface area contributed by atoms with E-state index in [1.165, 1.54) is 24.0 Å². The average molecular weight is 296 g/mol. The van der Waals surface area contributed by atoms with Crippen LogP contribution in [-0.2, 0) is 6.54 Å². The molecule has 2 aromatic carbocycles. The third-order valence-electron chi connectivity index (χ3n) is 4.36. The molecule has 1 aliphatic rings. The van der Waals surface area contributed by atoms with Gasteiger partial charge in [-0.2, -0.15) is 0 Å². The summed E-state index contributed by atoms with van der Waals surface area (Å²) in [4.78, 5) is 0. The van der Waals surface area contributed by atoms with Crippen molar-refractivity contribution in [3.8, 4) is 5.75 Å². The largest absolute Gasteiger partial charge is 0.496 e. The van der Waals surface area contributed by atoms with Crippen LogP contribution in [0.1, 0.15) is 30.0 Å². The van der Waals surface area contributed by atoms with E-state index < -0.39 is 0 Å². The van der Waals surface area contributed by atoms with E-state index in [0.29, 0.717) is 12.1 Å². The van der Waals surface area contributed by atoms with Crippen LogP contribution in [0, 0.1) is 0 Å². The topological polar surface area (TPSA) is 33.3 Å². The van der Waals surface area contributed by atoms with Gasteiger partial charge in [0.05, 0.1) is 7.11 Å². The van der Waals surface area contributed by atoms with Gasteiger partial charge >= 0.3 is 0 Å². The molecule has 22 heavy (non-hydrogen) atoms. The van der Waals surface area contributed by atoms with Gasteiger partial charge in [0, 0.05) is 24.2 Å². The Labute approximate surface area is 132 Å². The van der Waals surface area contributed by atoms with Gasteiger partial charge in [-0.15, -0.1) is 0 Å². The summed E-state index contributed by atoms with van der Waals surface area (Å²) in [6, 6.07) is 19.8. The first-order valence-corrected chi connectivity index (χ1v) is 8.02. The van der Waals surface area contributed by atoms with Crippen LogP contribution < -0.4 is 15.4 Å². The van der Waals surface area contributed by atoms with Crippen molar-refractivity contribution >= 4 is 0 Å². The van der Waals surface area contributed by atoms with E-state index in [1.807, 2.05) is 12.1 Å². The Morgan fingerprint density at radius 2 is 1.86 bits per heavy atom. The highest BCUT2D eigenvalue weighted by molar-refractivity contribution is 5.33. The predicted octanol–water partition coefficient (Wildman–Crippen LogP) is 3.28. The number of hydrogen-bond acceptors (Lipinski definition) is 3. The summed E-state index contributed by atoms with van der Waals surface area (Å²) >= 11 is 0. The lowest BCUT2D eigenvalue weighted by Crippen LogP contribution is -2.45. The molecule has 2 atom stereocenters. The lowest BCUT2D eigenvalue weighted by atomic mass is 9.92. The average Bonchev–Trinajstić information content (AvgIpc) is 2.61. The zero-order valence-electron chi connectivity index (χ0n) is 13.1. The molecule has 1 heterocycles. The first-order chi connectivity index (χ1) is 10.9. The van der Waals surface area contributed by atoms with E-state index >= 15 is 0 Å². The molecule has 0 radical (unpaired) electrons. The van der Waals surface area contributed by atoms with E-state index in [-0.39, 0.29) is 0 Å². The predicted molar refractivity (Wildman–Crippen MR) is 90.0 cm³/mol. The van der Waals surface area contributed by atoms with Gasteiger partial charge in [0.25, 0.3) is 0 Å². The Balaban J connectivity index is 1.69. The Kier molecular flexibility index (Phi) is 5.09. The van der Waals surface area contributed by atoms with Crippen molar-refractivity contribution in [1.29, 1.82) is 0 Å². The fourth-order valence-corrected chi connectivity index (χ4v) is 3.21. The summed E-state index contributed by atoms with van der Waals surface area (Å²) < 4.78 is 5.44.